The number of amides is 2. The highest BCUT2D eigenvalue weighted by atomic mass is 32.2. The number of hydrogen-bond donors (Lipinski definition) is 2. The van der Waals surface area contributed by atoms with E-state index in [2.05, 4.69) is 10.6 Å². The van der Waals surface area contributed by atoms with E-state index in [0.717, 1.165) is 16.4 Å². The number of piperazine rings is 1. The SMILES string of the molecule is CCNC(=O)CNC(=O)CN1CCN(S(=O)(=O)c2cc(F)ccc2F)CC1. The van der Waals surface area contributed by atoms with Crippen molar-refractivity contribution in [2.24, 2.45) is 0 Å². The van der Waals surface area contributed by atoms with Crippen LogP contribution < -0.4 is 10.6 Å². The molecule has 1 heterocycles. The molecular formula is C16H22F2N4O4S. The minimum absolute atomic E-state index is 0.0155. The van der Waals surface area contributed by atoms with E-state index in [-0.39, 0.29) is 51.1 Å². The standard InChI is InChI=1S/C16H22F2N4O4S/c1-2-19-15(23)10-20-16(24)11-21-5-7-22(8-6-21)27(25,26)14-9-12(17)3-4-13(14)18/h3-4,9H,2,5-8,10-11H2,1H3,(H,19,23)(H,20,24). The largest absolute Gasteiger partial charge is 0.355 e. The van der Waals surface area contributed by atoms with Crippen LogP contribution in [0.1, 0.15) is 6.92 Å². The second-order valence-corrected chi connectivity index (χ2v) is 7.89. The highest BCUT2D eigenvalue weighted by molar-refractivity contribution is 7.89. The van der Waals surface area contributed by atoms with Crippen LogP contribution in [0.5, 0.6) is 0 Å². The van der Waals surface area contributed by atoms with Gasteiger partial charge in [0.15, 0.2) is 0 Å². The molecule has 0 aliphatic carbocycles. The normalized spacial score (nSPS) is 16.1. The van der Waals surface area contributed by atoms with Crippen LogP contribution in [-0.4, -0.2) is 75.3 Å². The number of likely N-dealkylation sites (N-methyl/N-ethyl adjacent to an activating group) is 1. The van der Waals surface area contributed by atoms with Crippen molar-refractivity contribution in [3.63, 3.8) is 0 Å². The molecule has 0 unspecified atom stereocenters. The summed E-state index contributed by atoms with van der Waals surface area (Å²) in [5, 5.41) is 5.03. The van der Waals surface area contributed by atoms with Gasteiger partial charge in [0.2, 0.25) is 21.8 Å². The Morgan fingerprint density at radius 1 is 1.07 bits per heavy atom. The van der Waals surface area contributed by atoms with Gasteiger partial charge in [0.1, 0.15) is 16.5 Å². The summed E-state index contributed by atoms with van der Waals surface area (Å²) in [6.45, 7) is 2.72. The van der Waals surface area contributed by atoms with Gasteiger partial charge in [-0.1, -0.05) is 0 Å². The Labute approximate surface area is 156 Å². The Kier molecular flexibility index (Phi) is 7.22. The van der Waals surface area contributed by atoms with Crippen molar-refractivity contribution in [2.45, 2.75) is 11.8 Å². The van der Waals surface area contributed by atoms with Gasteiger partial charge in [0.05, 0.1) is 13.1 Å². The van der Waals surface area contributed by atoms with Gasteiger partial charge in [-0.2, -0.15) is 4.31 Å². The molecule has 1 saturated heterocycles. The van der Waals surface area contributed by atoms with Crippen LogP contribution in [0, 0.1) is 11.6 Å². The van der Waals surface area contributed by atoms with Gasteiger partial charge in [-0.25, -0.2) is 17.2 Å². The highest BCUT2D eigenvalue weighted by Gasteiger charge is 2.31. The highest BCUT2D eigenvalue weighted by Crippen LogP contribution is 2.21. The van der Waals surface area contributed by atoms with Crippen molar-refractivity contribution in [3.05, 3.63) is 29.8 Å². The molecule has 1 aromatic carbocycles. The molecule has 0 bridgehead atoms. The monoisotopic (exact) mass is 404 g/mol. The van der Waals surface area contributed by atoms with Gasteiger partial charge in [0, 0.05) is 32.7 Å². The Morgan fingerprint density at radius 2 is 1.74 bits per heavy atom. The van der Waals surface area contributed by atoms with E-state index in [9.17, 15) is 26.8 Å². The Bertz CT molecular complexity index is 796. The van der Waals surface area contributed by atoms with Crippen molar-refractivity contribution in [1.82, 2.24) is 19.8 Å². The fourth-order valence-corrected chi connectivity index (χ4v) is 4.14. The molecule has 150 valence electrons. The fraction of sp³-hybridized carbons (Fsp3) is 0.500. The zero-order chi connectivity index (χ0) is 20.0. The molecule has 1 aliphatic heterocycles. The van der Waals surface area contributed by atoms with Crippen LogP contribution in [0.2, 0.25) is 0 Å². The molecule has 0 radical (unpaired) electrons. The molecule has 8 nitrogen and oxygen atoms in total. The van der Waals surface area contributed by atoms with Crippen molar-refractivity contribution in [2.75, 3.05) is 45.8 Å². The Morgan fingerprint density at radius 3 is 2.37 bits per heavy atom. The van der Waals surface area contributed by atoms with E-state index in [1.165, 1.54) is 0 Å². The summed E-state index contributed by atoms with van der Waals surface area (Å²) in [4.78, 5) is 24.2. The first-order valence-electron chi connectivity index (χ1n) is 8.45. The summed E-state index contributed by atoms with van der Waals surface area (Å²) in [6, 6.07) is 2.29. The molecule has 0 atom stereocenters. The average molecular weight is 404 g/mol. The minimum atomic E-state index is -4.16. The van der Waals surface area contributed by atoms with Crippen LogP contribution in [0.25, 0.3) is 0 Å². The number of carbonyl (C=O) groups is 2. The Balaban J connectivity index is 1.88. The van der Waals surface area contributed by atoms with Crippen molar-refractivity contribution in [1.29, 1.82) is 0 Å². The number of rotatable bonds is 7. The maximum Gasteiger partial charge on any atom is 0.246 e. The first-order valence-corrected chi connectivity index (χ1v) is 9.89. The maximum atomic E-state index is 13.8. The maximum absolute atomic E-state index is 13.8. The summed E-state index contributed by atoms with van der Waals surface area (Å²) >= 11 is 0. The number of halogens is 2. The summed E-state index contributed by atoms with van der Waals surface area (Å²) in [5.74, 6) is -2.49. The predicted molar refractivity (Wildman–Crippen MR) is 93.3 cm³/mol. The second-order valence-electron chi connectivity index (χ2n) is 5.99. The number of nitrogens with one attached hydrogen (secondary N) is 2. The van der Waals surface area contributed by atoms with E-state index < -0.39 is 26.6 Å². The molecule has 0 aromatic heterocycles. The number of hydrogen-bond acceptors (Lipinski definition) is 5. The third-order valence-corrected chi connectivity index (χ3v) is 5.94. The lowest BCUT2D eigenvalue weighted by atomic mass is 10.3. The second kappa shape index (κ2) is 9.20. The van der Waals surface area contributed by atoms with E-state index in [1.54, 1.807) is 11.8 Å². The van der Waals surface area contributed by atoms with Crippen LogP contribution in [0.15, 0.2) is 23.1 Å². The van der Waals surface area contributed by atoms with Gasteiger partial charge in [-0.05, 0) is 25.1 Å². The molecule has 27 heavy (non-hydrogen) atoms. The third kappa shape index (κ3) is 5.68. The van der Waals surface area contributed by atoms with Crippen molar-refractivity contribution >= 4 is 21.8 Å². The third-order valence-electron chi connectivity index (χ3n) is 4.03. The minimum Gasteiger partial charge on any atom is -0.355 e. The van der Waals surface area contributed by atoms with Crippen LogP contribution >= 0.6 is 0 Å². The number of carbonyl (C=O) groups excluding carboxylic acids is 2. The lowest BCUT2D eigenvalue weighted by Crippen LogP contribution is -2.51. The fourth-order valence-electron chi connectivity index (χ4n) is 2.64. The lowest BCUT2D eigenvalue weighted by Gasteiger charge is -2.33. The Hall–Kier alpha value is -2.11. The van der Waals surface area contributed by atoms with Gasteiger partial charge in [-0.15, -0.1) is 0 Å². The summed E-state index contributed by atoms with van der Waals surface area (Å²) in [5.41, 5.74) is 0. The number of benzene rings is 1. The molecule has 2 amide bonds. The van der Waals surface area contributed by atoms with E-state index in [1.807, 2.05) is 0 Å². The quantitative estimate of drug-likeness (QED) is 0.640. The first kappa shape index (κ1) is 21.2. The van der Waals surface area contributed by atoms with Gasteiger partial charge < -0.3 is 10.6 Å². The van der Waals surface area contributed by atoms with Crippen molar-refractivity contribution < 1.29 is 26.8 Å². The molecule has 1 aromatic rings. The smallest absolute Gasteiger partial charge is 0.246 e. The summed E-state index contributed by atoms with van der Waals surface area (Å²) in [7, 11) is -4.16. The molecule has 0 saturated carbocycles. The van der Waals surface area contributed by atoms with Gasteiger partial charge >= 0.3 is 0 Å². The first-order chi connectivity index (χ1) is 12.7. The topological polar surface area (TPSA) is 98.8 Å². The molecule has 11 heteroatoms. The van der Waals surface area contributed by atoms with Crippen LogP contribution in [0.3, 0.4) is 0 Å². The average Bonchev–Trinajstić information content (AvgIpc) is 2.62. The lowest BCUT2D eigenvalue weighted by molar-refractivity contribution is -0.126. The van der Waals surface area contributed by atoms with E-state index in [0.29, 0.717) is 12.6 Å². The van der Waals surface area contributed by atoms with E-state index >= 15 is 0 Å². The van der Waals surface area contributed by atoms with Crippen LogP contribution in [-0.2, 0) is 19.6 Å². The molecule has 1 aliphatic rings. The zero-order valence-corrected chi connectivity index (χ0v) is 15.7. The van der Waals surface area contributed by atoms with E-state index in [4.69, 9.17) is 0 Å². The number of sulfonamides is 1. The molecule has 1 fully saturated rings. The molecular weight excluding hydrogens is 382 g/mol. The number of nitrogens with zero attached hydrogens (tertiary/aromatic N) is 2. The van der Waals surface area contributed by atoms with Crippen LogP contribution in [0.4, 0.5) is 8.78 Å². The summed E-state index contributed by atoms with van der Waals surface area (Å²) < 4.78 is 53.2. The summed E-state index contributed by atoms with van der Waals surface area (Å²) in [6.07, 6.45) is 0. The molecule has 2 N–H and O–H groups in total. The van der Waals surface area contributed by atoms with Gasteiger partial charge in [-0.3, -0.25) is 14.5 Å². The van der Waals surface area contributed by atoms with Gasteiger partial charge in [0.25, 0.3) is 0 Å². The molecule has 2 rings (SSSR count). The zero-order valence-electron chi connectivity index (χ0n) is 14.9. The van der Waals surface area contributed by atoms with Crippen molar-refractivity contribution in [3.8, 4) is 0 Å². The predicted octanol–water partition coefficient (Wildman–Crippen LogP) is -0.477. The molecule has 0 spiro atoms.